The second-order valence-electron chi connectivity index (χ2n) is 4.30. The third kappa shape index (κ3) is 44.9. The highest BCUT2D eigenvalue weighted by atomic mass is 32.2. The highest BCUT2D eigenvalue weighted by Crippen LogP contribution is 1.86. The van der Waals surface area contributed by atoms with Crippen LogP contribution < -0.4 is 5.32 Å². The van der Waals surface area contributed by atoms with E-state index < -0.39 is 19.7 Å². The molecule has 0 aliphatic heterocycles. The van der Waals surface area contributed by atoms with Crippen molar-refractivity contribution in [2.75, 3.05) is 52.0 Å². The average molecular weight is 367 g/mol. The first kappa shape index (κ1) is 29.7. The smallest absolute Gasteiger partial charge is 0.168 e. The van der Waals surface area contributed by atoms with Gasteiger partial charge in [-0.05, 0) is 14.1 Å². The molecule has 0 saturated carbocycles. The Morgan fingerprint density at radius 2 is 1.61 bits per heavy atom. The fraction of sp³-hybridized carbons (Fsp3) is 0.600. The number of nitrogens with one attached hydrogen (secondary N) is 1. The molecule has 136 valence electrons. The maximum absolute atomic E-state index is 10.7. The summed E-state index contributed by atoms with van der Waals surface area (Å²) in [6.07, 6.45) is 12.2. The van der Waals surface area contributed by atoms with Crippen LogP contribution in [0.4, 0.5) is 0 Å². The van der Waals surface area contributed by atoms with E-state index in [0.717, 1.165) is 11.7 Å². The van der Waals surface area contributed by atoms with Crippen LogP contribution in [0.25, 0.3) is 0 Å². The fourth-order valence-corrected chi connectivity index (χ4v) is 1.30. The topological polar surface area (TPSA) is 83.6 Å². The fourth-order valence-electron chi connectivity index (χ4n) is 0.659. The van der Waals surface area contributed by atoms with Gasteiger partial charge in [0.25, 0.3) is 0 Å². The minimum Gasteiger partial charge on any atom is -0.309 e. The van der Waals surface area contributed by atoms with Gasteiger partial charge in [-0.25, -0.2) is 16.8 Å². The van der Waals surface area contributed by atoms with Crippen LogP contribution in [-0.2, 0) is 19.7 Å². The largest absolute Gasteiger partial charge is 0.309 e. The molecule has 0 atom stereocenters. The molecule has 0 aromatic carbocycles. The Morgan fingerprint density at radius 1 is 1.17 bits per heavy atom. The molecule has 0 aliphatic carbocycles. The minimum absolute atomic E-state index is 0. The summed E-state index contributed by atoms with van der Waals surface area (Å²) in [5.74, 6) is 5.01. The maximum Gasteiger partial charge on any atom is 0.168 e. The standard InChI is InChI=1S/C7H13NO2S.C4H7N.C3H6O2S.CH4/c1-4-5-8(2)6-7-11(3,9)10;1-3-4-5-2;1-3-6(2,4)5;/h1H,5-7H2,2-3H3;1,5H,4H2,2H3;3H,1H2,2H3;1H4. The molecule has 0 radical (unpaired) electrons. The van der Waals surface area contributed by atoms with Crippen molar-refractivity contribution in [2.24, 2.45) is 0 Å². The van der Waals surface area contributed by atoms with Gasteiger partial charge in [-0.15, -0.1) is 12.8 Å². The summed E-state index contributed by atoms with van der Waals surface area (Å²) < 4.78 is 41.1. The molecule has 0 heterocycles. The first-order valence-electron chi connectivity index (χ1n) is 6.13. The number of rotatable bonds is 6. The predicted molar refractivity (Wildman–Crippen MR) is 101 cm³/mol. The van der Waals surface area contributed by atoms with E-state index in [0.29, 0.717) is 19.6 Å². The van der Waals surface area contributed by atoms with Gasteiger partial charge >= 0.3 is 0 Å². The zero-order chi connectivity index (χ0) is 18.2. The summed E-state index contributed by atoms with van der Waals surface area (Å²) in [5.41, 5.74) is 0. The SMILES string of the molecule is C.C#CCN(C)CCS(C)(=O)=O.C#CCNC.C=CS(C)(=O)=O. The van der Waals surface area contributed by atoms with Crippen molar-refractivity contribution in [1.82, 2.24) is 10.2 Å². The lowest BCUT2D eigenvalue weighted by atomic mass is 10.5. The second-order valence-corrected chi connectivity index (χ2v) is 8.55. The monoisotopic (exact) mass is 366 g/mol. The van der Waals surface area contributed by atoms with Gasteiger partial charge in [0.05, 0.1) is 18.8 Å². The van der Waals surface area contributed by atoms with Crippen LogP contribution in [0.15, 0.2) is 12.0 Å². The molecule has 0 rings (SSSR count). The zero-order valence-electron chi connectivity index (χ0n) is 13.7. The van der Waals surface area contributed by atoms with Gasteiger partial charge in [0.2, 0.25) is 0 Å². The maximum atomic E-state index is 10.7. The molecule has 0 amide bonds. The summed E-state index contributed by atoms with van der Waals surface area (Å²) in [6.45, 7) is 4.71. The van der Waals surface area contributed by atoms with Crippen molar-refractivity contribution in [2.45, 2.75) is 7.43 Å². The second kappa shape index (κ2) is 17.0. The van der Waals surface area contributed by atoms with Crippen LogP contribution in [0.1, 0.15) is 7.43 Å². The van der Waals surface area contributed by atoms with Crippen LogP contribution in [0.2, 0.25) is 0 Å². The van der Waals surface area contributed by atoms with E-state index in [1.54, 1.807) is 11.9 Å². The Labute approximate surface area is 143 Å². The molecule has 23 heavy (non-hydrogen) atoms. The van der Waals surface area contributed by atoms with E-state index in [-0.39, 0.29) is 13.2 Å². The van der Waals surface area contributed by atoms with E-state index >= 15 is 0 Å². The van der Waals surface area contributed by atoms with E-state index in [4.69, 9.17) is 12.8 Å². The predicted octanol–water partition coefficient (Wildman–Crippen LogP) is 0.246. The molecule has 0 saturated heterocycles. The van der Waals surface area contributed by atoms with Crippen molar-refractivity contribution in [1.29, 1.82) is 0 Å². The number of terminal acetylenes is 2. The van der Waals surface area contributed by atoms with Crippen molar-refractivity contribution in [3.05, 3.63) is 12.0 Å². The molecule has 6 nitrogen and oxygen atoms in total. The van der Waals surface area contributed by atoms with Crippen molar-refractivity contribution in [3.8, 4) is 24.7 Å². The number of hydrogen-bond acceptors (Lipinski definition) is 6. The lowest BCUT2D eigenvalue weighted by molar-refractivity contribution is 0.398. The molecule has 0 aromatic rings. The average Bonchev–Trinajstić information content (AvgIpc) is 2.38. The van der Waals surface area contributed by atoms with Gasteiger partial charge in [0, 0.05) is 24.5 Å². The summed E-state index contributed by atoms with van der Waals surface area (Å²) in [4.78, 5) is 1.79. The van der Waals surface area contributed by atoms with Crippen LogP contribution in [0.5, 0.6) is 0 Å². The minimum atomic E-state index is -2.90. The quantitative estimate of drug-likeness (QED) is 0.678. The summed E-state index contributed by atoms with van der Waals surface area (Å²) in [6, 6.07) is 0. The van der Waals surface area contributed by atoms with Gasteiger partial charge in [-0.1, -0.05) is 25.8 Å². The van der Waals surface area contributed by atoms with Crippen molar-refractivity contribution >= 4 is 19.7 Å². The summed E-state index contributed by atoms with van der Waals surface area (Å²) in [7, 11) is -2.13. The molecule has 0 bridgehead atoms. The third-order valence-electron chi connectivity index (χ3n) is 1.79. The van der Waals surface area contributed by atoms with Crippen molar-refractivity contribution < 1.29 is 16.8 Å². The van der Waals surface area contributed by atoms with E-state index in [1.807, 2.05) is 7.05 Å². The molecule has 8 heteroatoms. The highest BCUT2D eigenvalue weighted by molar-refractivity contribution is 7.93. The molecule has 0 aliphatic rings. The molecule has 0 unspecified atom stereocenters. The third-order valence-corrected chi connectivity index (χ3v) is 3.32. The first-order chi connectivity index (χ1) is 9.93. The van der Waals surface area contributed by atoms with Gasteiger partial charge < -0.3 is 5.32 Å². The van der Waals surface area contributed by atoms with E-state index in [9.17, 15) is 16.8 Å². The van der Waals surface area contributed by atoms with Crippen LogP contribution in [0, 0.1) is 24.7 Å². The summed E-state index contributed by atoms with van der Waals surface area (Å²) >= 11 is 0. The molecule has 0 aromatic heterocycles. The van der Waals surface area contributed by atoms with Gasteiger partial charge in [0.1, 0.15) is 9.84 Å². The Bertz CT molecular complexity index is 556. The number of sulfone groups is 2. The normalized spacial score (nSPS) is 9.70. The first-order valence-corrected chi connectivity index (χ1v) is 10.1. The molecular formula is C15H30N2O4S2. The van der Waals surface area contributed by atoms with E-state index in [1.165, 1.54) is 6.26 Å². The number of nitrogens with zero attached hydrogens (tertiary/aromatic N) is 1. The Morgan fingerprint density at radius 3 is 1.78 bits per heavy atom. The molecule has 0 spiro atoms. The lowest BCUT2D eigenvalue weighted by Crippen LogP contribution is -2.25. The Hall–Kier alpha value is -1.32. The summed E-state index contributed by atoms with van der Waals surface area (Å²) in [5, 5.41) is 3.69. The van der Waals surface area contributed by atoms with Gasteiger partial charge in [-0.3, -0.25) is 4.90 Å². The van der Waals surface area contributed by atoms with Gasteiger partial charge in [-0.2, -0.15) is 0 Å². The molecule has 0 fully saturated rings. The highest BCUT2D eigenvalue weighted by Gasteiger charge is 2.03. The molecule has 1 N–H and O–H groups in total. The zero-order valence-corrected chi connectivity index (χ0v) is 15.3. The lowest BCUT2D eigenvalue weighted by Gasteiger charge is -2.11. The van der Waals surface area contributed by atoms with E-state index in [2.05, 4.69) is 23.7 Å². The Kier molecular flexibility index (Phi) is 22.0. The van der Waals surface area contributed by atoms with Crippen LogP contribution in [-0.4, -0.2) is 73.7 Å². The van der Waals surface area contributed by atoms with Crippen LogP contribution in [0.3, 0.4) is 0 Å². The molecular weight excluding hydrogens is 336 g/mol. The Balaban J connectivity index is -0.000000128. The van der Waals surface area contributed by atoms with Gasteiger partial charge in [0.15, 0.2) is 9.84 Å². The number of hydrogen-bond donors (Lipinski definition) is 1. The van der Waals surface area contributed by atoms with Crippen molar-refractivity contribution in [3.63, 3.8) is 0 Å². The van der Waals surface area contributed by atoms with Crippen LogP contribution >= 0.6 is 0 Å².